The number of fused-ring (bicyclic) bond motifs is 1. The largest absolute Gasteiger partial charge is 0.490 e. The summed E-state index contributed by atoms with van der Waals surface area (Å²) < 4.78 is 44.5. The molecule has 0 unspecified atom stereocenters. The number of carbonyl (C=O) groups is 2. The number of rotatable bonds is 2. The number of nitrogens with two attached hydrogens (primary N) is 1. The normalized spacial score (nSPS) is 25.1. The van der Waals surface area contributed by atoms with Crippen molar-refractivity contribution in [3.63, 3.8) is 0 Å². The van der Waals surface area contributed by atoms with E-state index in [1.54, 1.807) is 11.3 Å². The highest BCUT2D eigenvalue weighted by Crippen LogP contribution is 2.37. The van der Waals surface area contributed by atoms with Gasteiger partial charge in [0, 0.05) is 10.9 Å². The monoisotopic (exact) mass is 368 g/mol. The van der Waals surface area contributed by atoms with Crippen LogP contribution in [-0.2, 0) is 22.4 Å². The zero-order chi connectivity index (χ0) is 18.1. The quantitative estimate of drug-likeness (QED) is 0.700. The fourth-order valence-corrected chi connectivity index (χ4v) is 3.37. The van der Waals surface area contributed by atoms with Crippen molar-refractivity contribution in [1.29, 1.82) is 0 Å². The number of carboxylic acid groups (broad SMARTS) is 1. The molecule has 2 aliphatic rings. The number of amides is 1. The summed E-state index contributed by atoms with van der Waals surface area (Å²) in [4.78, 5) is 21.8. The molecule has 0 radical (unpaired) electrons. The van der Waals surface area contributed by atoms with Crippen molar-refractivity contribution in [3.8, 4) is 0 Å². The number of aryl methyl sites for hydroxylation is 1. The van der Waals surface area contributed by atoms with Crippen molar-refractivity contribution in [1.82, 2.24) is 0 Å². The standard InChI is InChI=1S/C12H15FN2OS.C2HF3O2/c13-9-5-8(9)12(16)15-11-4-6-3-7(14)1-2-10(6)17-11;3-2(4,5)1(6)7/h4,7-9H,1-3,5,14H2,(H,15,16);(H,6,7)/t7-,8-,9-;/m0./s1. The van der Waals surface area contributed by atoms with Crippen molar-refractivity contribution >= 4 is 28.2 Å². The smallest absolute Gasteiger partial charge is 0.475 e. The number of anilines is 1. The second-order valence-corrected chi connectivity index (χ2v) is 6.85. The van der Waals surface area contributed by atoms with E-state index in [9.17, 15) is 22.4 Å². The molecule has 1 fully saturated rings. The molecule has 24 heavy (non-hydrogen) atoms. The van der Waals surface area contributed by atoms with E-state index < -0.39 is 24.2 Å². The first-order valence-corrected chi connectivity index (χ1v) is 8.01. The molecule has 0 spiro atoms. The van der Waals surface area contributed by atoms with Crippen molar-refractivity contribution < 1.29 is 32.3 Å². The fraction of sp³-hybridized carbons (Fsp3) is 0.571. The van der Waals surface area contributed by atoms with E-state index in [1.165, 1.54) is 10.4 Å². The van der Waals surface area contributed by atoms with Gasteiger partial charge in [-0.05, 0) is 37.3 Å². The highest BCUT2D eigenvalue weighted by Gasteiger charge is 2.43. The van der Waals surface area contributed by atoms with E-state index in [0.29, 0.717) is 6.42 Å². The molecule has 1 saturated carbocycles. The Morgan fingerprint density at radius 1 is 1.38 bits per heavy atom. The van der Waals surface area contributed by atoms with Crippen LogP contribution < -0.4 is 11.1 Å². The molecular weight excluding hydrogens is 352 g/mol. The van der Waals surface area contributed by atoms with Crippen LogP contribution in [0, 0.1) is 5.92 Å². The Kier molecular flexibility index (Phi) is 5.49. The van der Waals surface area contributed by atoms with E-state index >= 15 is 0 Å². The predicted molar refractivity (Wildman–Crippen MR) is 79.6 cm³/mol. The van der Waals surface area contributed by atoms with Crippen LogP contribution in [-0.4, -0.2) is 35.4 Å². The average molecular weight is 368 g/mol. The molecule has 3 rings (SSSR count). The Morgan fingerprint density at radius 2 is 1.96 bits per heavy atom. The summed E-state index contributed by atoms with van der Waals surface area (Å²) in [6.45, 7) is 0. The Balaban J connectivity index is 0.000000256. The van der Waals surface area contributed by atoms with Crippen LogP contribution in [0.4, 0.5) is 22.6 Å². The molecule has 134 valence electrons. The van der Waals surface area contributed by atoms with Crippen LogP contribution in [0.15, 0.2) is 6.07 Å². The van der Waals surface area contributed by atoms with Gasteiger partial charge in [0.25, 0.3) is 0 Å². The number of thiophene rings is 1. The first-order chi connectivity index (χ1) is 11.1. The lowest BCUT2D eigenvalue weighted by Gasteiger charge is -2.16. The minimum atomic E-state index is -5.08. The first-order valence-electron chi connectivity index (χ1n) is 7.20. The molecule has 1 aromatic heterocycles. The Morgan fingerprint density at radius 3 is 2.46 bits per heavy atom. The number of halogens is 4. The van der Waals surface area contributed by atoms with Gasteiger partial charge in [0.2, 0.25) is 5.91 Å². The van der Waals surface area contributed by atoms with Gasteiger partial charge in [-0.3, -0.25) is 4.79 Å². The van der Waals surface area contributed by atoms with Crippen LogP contribution in [0.5, 0.6) is 0 Å². The summed E-state index contributed by atoms with van der Waals surface area (Å²) in [6.07, 6.45) is -2.75. The maximum atomic E-state index is 12.7. The van der Waals surface area contributed by atoms with E-state index in [1.807, 2.05) is 6.07 Å². The molecule has 0 bridgehead atoms. The van der Waals surface area contributed by atoms with E-state index in [0.717, 1.165) is 24.3 Å². The predicted octanol–water partition coefficient (Wildman–Crippen LogP) is 2.49. The van der Waals surface area contributed by atoms with Crippen LogP contribution in [0.25, 0.3) is 0 Å². The van der Waals surface area contributed by atoms with Crippen LogP contribution >= 0.6 is 11.3 Å². The lowest BCUT2D eigenvalue weighted by Crippen LogP contribution is -2.26. The Bertz CT molecular complexity index is 632. The average Bonchev–Trinajstić information content (AvgIpc) is 3.06. The molecular formula is C14H16F4N2O3S. The summed E-state index contributed by atoms with van der Waals surface area (Å²) in [7, 11) is 0. The molecule has 5 nitrogen and oxygen atoms in total. The van der Waals surface area contributed by atoms with Gasteiger partial charge in [-0.1, -0.05) is 0 Å². The van der Waals surface area contributed by atoms with E-state index in [-0.39, 0.29) is 11.9 Å². The van der Waals surface area contributed by atoms with Gasteiger partial charge in [-0.2, -0.15) is 13.2 Å². The van der Waals surface area contributed by atoms with Gasteiger partial charge >= 0.3 is 12.1 Å². The van der Waals surface area contributed by atoms with Gasteiger partial charge in [-0.15, -0.1) is 11.3 Å². The summed E-state index contributed by atoms with van der Waals surface area (Å²) >= 11 is 1.60. The zero-order valence-electron chi connectivity index (χ0n) is 12.4. The van der Waals surface area contributed by atoms with Gasteiger partial charge in [-0.25, -0.2) is 9.18 Å². The van der Waals surface area contributed by atoms with E-state index in [4.69, 9.17) is 15.6 Å². The number of carboxylic acids is 1. The fourth-order valence-electron chi connectivity index (χ4n) is 2.26. The second kappa shape index (κ2) is 7.06. The van der Waals surface area contributed by atoms with Crippen molar-refractivity contribution in [2.45, 2.75) is 44.1 Å². The third kappa shape index (κ3) is 4.91. The third-order valence-corrected chi connectivity index (χ3v) is 4.81. The molecule has 2 aliphatic carbocycles. The molecule has 0 saturated heterocycles. The molecule has 0 aliphatic heterocycles. The van der Waals surface area contributed by atoms with Gasteiger partial charge in [0.05, 0.1) is 10.9 Å². The summed E-state index contributed by atoms with van der Waals surface area (Å²) in [6, 6.07) is 2.23. The summed E-state index contributed by atoms with van der Waals surface area (Å²) in [5, 5.41) is 10.8. The van der Waals surface area contributed by atoms with Gasteiger partial charge < -0.3 is 16.2 Å². The second-order valence-electron chi connectivity index (χ2n) is 5.71. The summed E-state index contributed by atoms with van der Waals surface area (Å²) in [5.74, 6) is -3.36. The highest BCUT2D eigenvalue weighted by atomic mass is 32.1. The lowest BCUT2D eigenvalue weighted by molar-refractivity contribution is -0.192. The molecule has 3 atom stereocenters. The molecule has 1 amide bonds. The SMILES string of the molecule is N[C@H]1CCc2sc(NC(=O)[C@H]3C[C@@H]3F)cc2C1.O=C(O)C(F)(F)F. The Hall–Kier alpha value is -1.68. The molecule has 1 aromatic rings. The van der Waals surface area contributed by atoms with E-state index in [2.05, 4.69) is 5.32 Å². The molecule has 1 heterocycles. The molecule has 10 heteroatoms. The van der Waals surface area contributed by atoms with Crippen molar-refractivity contribution in [2.24, 2.45) is 11.7 Å². The lowest BCUT2D eigenvalue weighted by atomic mass is 9.95. The number of aliphatic carboxylic acids is 1. The Labute approximate surface area is 138 Å². The maximum Gasteiger partial charge on any atom is 0.490 e. The number of carbonyl (C=O) groups excluding carboxylic acids is 1. The number of hydrogen-bond donors (Lipinski definition) is 3. The van der Waals surface area contributed by atoms with Crippen molar-refractivity contribution in [2.75, 3.05) is 5.32 Å². The molecule has 0 aromatic carbocycles. The maximum absolute atomic E-state index is 12.7. The topological polar surface area (TPSA) is 92.4 Å². The zero-order valence-corrected chi connectivity index (χ0v) is 13.2. The highest BCUT2D eigenvalue weighted by molar-refractivity contribution is 7.16. The minimum absolute atomic E-state index is 0.180. The first kappa shape index (κ1) is 18.7. The number of alkyl halides is 4. The molecule has 4 N–H and O–H groups in total. The number of nitrogens with one attached hydrogen (secondary N) is 1. The summed E-state index contributed by atoms with van der Waals surface area (Å²) in [5.41, 5.74) is 7.15. The van der Waals surface area contributed by atoms with Crippen LogP contribution in [0.1, 0.15) is 23.3 Å². The van der Waals surface area contributed by atoms with Gasteiger partial charge in [0.15, 0.2) is 0 Å². The van der Waals surface area contributed by atoms with Crippen molar-refractivity contribution in [3.05, 3.63) is 16.5 Å². The number of hydrogen-bond acceptors (Lipinski definition) is 4. The minimum Gasteiger partial charge on any atom is -0.475 e. The van der Waals surface area contributed by atoms with Crippen LogP contribution in [0.2, 0.25) is 0 Å². The third-order valence-electron chi connectivity index (χ3n) is 3.66. The van der Waals surface area contributed by atoms with Crippen LogP contribution in [0.3, 0.4) is 0 Å². The van der Waals surface area contributed by atoms with Gasteiger partial charge in [0.1, 0.15) is 6.17 Å².